The Hall–Kier alpha value is -0.530. The van der Waals surface area contributed by atoms with Gasteiger partial charge in [-0.2, -0.15) is 0 Å². The molecule has 0 aliphatic heterocycles. The molecule has 0 bridgehead atoms. The first-order valence-corrected chi connectivity index (χ1v) is 5.91. The van der Waals surface area contributed by atoms with Gasteiger partial charge in [-0.05, 0) is 44.5 Å². The largest absolute Gasteiger partial charge is 0.298 e. The molecule has 1 aromatic rings. The van der Waals surface area contributed by atoms with Gasteiger partial charge in [-0.25, -0.2) is 0 Å². The van der Waals surface area contributed by atoms with E-state index < -0.39 is 0 Å². The van der Waals surface area contributed by atoms with Gasteiger partial charge < -0.3 is 0 Å². The summed E-state index contributed by atoms with van der Waals surface area (Å²) in [5.74, 6) is 0.682. The van der Waals surface area contributed by atoms with Gasteiger partial charge in [-0.15, -0.1) is 11.6 Å². The lowest BCUT2D eigenvalue weighted by atomic mass is 10.0. The molecule has 0 radical (unpaired) electrons. The SMILES string of the molecule is Cc1cccc(C)c1CN(C)C(C)CCl. The monoisotopic (exact) mass is 225 g/mol. The minimum absolute atomic E-state index is 0.422. The summed E-state index contributed by atoms with van der Waals surface area (Å²) >= 11 is 5.85. The Morgan fingerprint density at radius 1 is 1.27 bits per heavy atom. The maximum Gasteiger partial charge on any atom is 0.0376 e. The van der Waals surface area contributed by atoms with E-state index in [0.717, 1.165) is 6.54 Å². The quantitative estimate of drug-likeness (QED) is 0.711. The zero-order valence-corrected chi connectivity index (χ0v) is 10.8. The summed E-state index contributed by atoms with van der Waals surface area (Å²) < 4.78 is 0. The lowest BCUT2D eigenvalue weighted by Gasteiger charge is -2.24. The fourth-order valence-electron chi connectivity index (χ4n) is 1.62. The fourth-order valence-corrected chi connectivity index (χ4v) is 1.86. The smallest absolute Gasteiger partial charge is 0.0376 e. The number of aryl methyl sites for hydroxylation is 2. The summed E-state index contributed by atoms with van der Waals surface area (Å²) in [6.07, 6.45) is 0. The van der Waals surface area contributed by atoms with Crippen molar-refractivity contribution in [2.75, 3.05) is 12.9 Å². The van der Waals surface area contributed by atoms with Gasteiger partial charge in [-0.1, -0.05) is 18.2 Å². The second kappa shape index (κ2) is 5.53. The average Bonchev–Trinajstić information content (AvgIpc) is 2.22. The maximum atomic E-state index is 5.85. The van der Waals surface area contributed by atoms with E-state index in [1.807, 2.05) is 0 Å². The zero-order valence-electron chi connectivity index (χ0n) is 10.0. The second-order valence-electron chi connectivity index (χ2n) is 4.29. The molecule has 0 N–H and O–H groups in total. The van der Waals surface area contributed by atoms with Gasteiger partial charge in [0.15, 0.2) is 0 Å². The van der Waals surface area contributed by atoms with Crippen LogP contribution in [0.15, 0.2) is 18.2 Å². The van der Waals surface area contributed by atoms with E-state index in [1.54, 1.807) is 0 Å². The molecule has 1 unspecified atom stereocenters. The normalized spacial score (nSPS) is 13.2. The molecule has 0 aliphatic carbocycles. The molecule has 84 valence electrons. The van der Waals surface area contributed by atoms with Gasteiger partial charge in [0, 0.05) is 18.5 Å². The molecule has 0 amide bonds. The van der Waals surface area contributed by atoms with Crippen LogP contribution in [0.1, 0.15) is 23.6 Å². The van der Waals surface area contributed by atoms with Crippen molar-refractivity contribution >= 4 is 11.6 Å². The third kappa shape index (κ3) is 3.22. The molecule has 0 aliphatic rings. The predicted molar refractivity (Wildman–Crippen MR) is 67.6 cm³/mol. The van der Waals surface area contributed by atoms with Crippen LogP contribution < -0.4 is 0 Å². The first-order chi connectivity index (χ1) is 7.06. The van der Waals surface area contributed by atoms with Crippen molar-refractivity contribution in [2.24, 2.45) is 0 Å². The molecule has 1 aromatic carbocycles. The number of hydrogen-bond acceptors (Lipinski definition) is 1. The van der Waals surface area contributed by atoms with E-state index in [1.165, 1.54) is 16.7 Å². The average molecular weight is 226 g/mol. The molecule has 15 heavy (non-hydrogen) atoms. The van der Waals surface area contributed by atoms with Crippen LogP contribution in [-0.2, 0) is 6.54 Å². The maximum absolute atomic E-state index is 5.85. The molecular weight excluding hydrogens is 206 g/mol. The Labute approximate surface area is 98.0 Å². The van der Waals surface area contributed by atoms with E-state index in [9.17, 15) is 0 Å². The number of halogens is 1. The van der Waals surface area contributed by atoms with Crippen molar-refractivity contribution in [2.45, 2.75) is 33.4 Å². The van der Waals surface area contributed by atoms with Crippen molar-refractivity contribution in [1.82, 2.24) is 4.90 Å². The fraction of sp³-hybridized carbons (Fsp3) is 0.538. The summed E-state index contributed by atoms with van der Waals surface area (Å²) in [6.45, 7) is 7.47. The minimum Gasteiger partial charge on any atom is -0.298 e. The van der Waals surface area contributed by atoms with E-state index in [0.29, 0.717) is 11.9 Å². The van der Waals surface area contributed by atoms with Crippen LogP contribution in [0.2, 0.25) is 0 Å². The number of hydrogen-bond donors (Lipinski definition) is 0. The van der Waals surface area contributed by atoms with Crippen molar-refractivity contribution in [1.29, 1.82) is 0 Å². The second-order valence-corrected chi connectivity index (χ2v) is 4.60. The molecule has 1 nitrogen and oxygen atoms in total. The van der Waals surface area contributed by atoms with Gasteiger partial charge in [0.2, 0.25) is 0 Å². The van der Waals surface area contributed by atoms with Crippen LogP contribution >= 0.6 is 11.6 Å². The van der Waals surface area contributed by atoms with Gasteiger partial charge in [0.25, 0.3) is 0 Å². The Bertz CT molecular complexity index is 302. The van der Waals surface area contributed by atoms with Crippen LogP contribution in [-0.4, -0.2) is 23.9 Å². The van der Waals surface area contributed by atoms with Gasteiger partial charge in [0.1, 0.15) is 0 Å². The minimum atomic E-state index is 0.422. The Balaban J connectivity index is 2.80. The highest BCUT2D eigenvalue weighted by Crippen LogP contribution is 2.16. The van der Waals surface area contributed by atoms with Gasteiger partial charge in [-0.3, -0.25) is 4.90 Å². The van der Waals surface area contributed by atoms with Gasteiger partial charge >= 0.3 is 0 Å². The first kappa shape index (κ1) is 12.5. The van der Waals surface area contributed by atoms with E-state index in [2.05, 4.69) is 50.9 Å². The summed E-state index contributed by atoms with van der Waals surface area (Å²) in [5.41, 5.74) is 4.16. The van der Waals surface area contributed by atoms with Crippen LogP contribution in [0, 0.1) is 13.8 Å². The molecule has 0 spiro atoms. The van der Waals surface area contributed by atoms with Crippen LogP contribution in [0.4, 0.5) is 0 Å². The molecule has 0 aromatic heterocycles. The van der Waals surface area contributed by atoms with Crippen LogP contribution in [0.25, 0.3) is 0 Å². The molecule has 0 saturated carbocycles. The summed E-state index contributed by atoms with van der Waals surface area (Å²) in [4.78, 5) is 2.29. The third-order valence-corrected chi connectivity index (χ3v) is 3.47. The molecule has 1 atom stereocenters. The van der Waals surface area contributed by atoms with Crippen molar-refractivity contribution < 1.29 is 0 Å². The summed E-state index contributed by atoms with van der Waals surface area (Å²) in [7, 11) is 2.12. The lowest BCUT2D eigenvalue weighted by Crippen LogP contribution is -2.30. The van der Waals surface area contributed by atoms with Crippen molar-refractivity contribution in [3.05, 3.63) is 34.9 Å². The number of nitrogens with zero attached hydrogens (tertiary/aromatic N) is 1. The summed E-state index contributed by atoms with van der Waals surface area (Å²) in [5, 5.41) is 0. The third-order valence-electron chi connectivity index (χ3n) is 3.03. The van der Waals surface area contributed by atoms with Crippen LogP contribution in [0.5, 0.6) is 0 Å². The van der Waals surface area contributed by atoms with E-state index >= 15 is 0 Å². The summed E-state index contributed by atoms with van der Waals surface area (Å²) in [6, 6.07) is 6.87. The highest BCUT2D eigenvalue weighted by molar-refractivity contribution is 6.18. The predicted octanol–water partition coefficient (Wildman–Crippen LogP) is 3.36. The number of rotatable bonds is 4. The highest BCUT2D eigenvalue weighted by Gasteiger charge is 2.10. The Morgan fingerprint density at radius 2 is 1.80 bits per heavy atom. The molecule has 2 heteroatoms. The molecule has 0 fully saturated rings. The first-order valence-electron chi connectivity index (χ1n) is 5.37. The van der Waals surface area contributed by atoms with E-state index in [4.69, 9.17) is 11.6 Å². The van der Waals surface area contributed by atoms with Crippen molar-refractivity contribution in [3.63, 3.8) is 0 Å². The van der Waals surface area contributed by atoms with Crippen LogP contribution in [0.3, 0.4) is 0 Å². The highest BCUT2D eigenvalue weighted by atomic mass is 35.5. The van der Waals surface area contributed by atoms with E-state index in [-0.39, 0.29) is 0 Å². The standard InChI is InChI=1S/C13H20ClN/c1-10-6-5-7-11(2)13(10)9-15(4)12(3)8-14/h5-7,12H,8-9H2,1-4H3. The molecular formula is C13H20ClN. The number of alkyl halides is 1. The molecule has 1 rings (SSSR count). The Kier molecular flexibility index (Phi) is 4.62. The van der Waals surface area contributed by atoms with Gasteiger partial charge in [0.05, 0.1) is 0 Å². The lowest BCUT2D eigenvalue weighted by molar-refractivity contribution is 0.267. The number of benzene rings is 1. The topological polar surface area (TPSA) is 3.24 Å². The van der Waals surface area contributed by atoms with Crippen molar-refractivity contribution in [3.8, 4) is 0 Å². The molecule has 0 heterocycles. The molecule has 0 saturated heterocycles. The Morgan fingerprint density at radius 3 is 2.27 bits per heavy atom. The zero-order chi connectivity index (χ0) is 11.4.